The summed E-state index contributed by atoms with van der Waals surface area (Å²) in [6.45, 7) is 2.80. The molecule has 5 rings (SSSR count). The van der Waals surface area contributed by atoms with E-state index in [4.69, 9.17) is 17.2 Å². The first-order valence-corrected chi connectivity index (χ1v) is 19.8. The summed E-state index contributed by atoms with van der Waals surface area (Å²) in [7, 11) is 0. The minimum atomic E-state index is -1.24. The second-order valence-electron chi connectivity index (χ2n) is 15.0. The van der Waals surface area contributed by atoms with Gasteiger partial charge in [0.25, 0.3) is 0 Å². The van der Waals surface area contributed by atoms with Gasteiger partial charge in [0.15, 0.2) is 5.96 Å². The van der Waals surface area contributed by atoms with Crippen LogP contribution >= 0.6 is 0 Å². The summed E-state index contributed by atoms with van der Waals surface area (Å²) in [6.07, 6.45) is 6.85. The van der Waals surface area contributed by atoms with E-state index in [-0.39, 0.29) is 44.6 Å². The Balaban J connectivity index is 1.31. The van der Waals surface area contributed by atoms with Crippen LogP contribution < -0.4 is 43.8 Å². The van der Waals surface area contributed by atoms with Crippen molar-refractivity contribution in [3.8, 4) is 0 Å². The van der Waals surface area contributed by atoms with Crippen molar-refractivity contribution in [3.63, 3.8) is 0 Å². The molecule has 20 nitrogen and oxygen atoms in total. The van der Waals surface area contributed by atoms with Gasteiger partial charge in [-0.1, -0.05) is 50.2 Å². The number of benzene rings is 2. The number of hydrogen-bond donors (Lipinski definition) is 12. The zero-order chi connectivity index (χ0) is 44.1. The predicted octanol–water partition coefficient (Wildman–Crippen LogP) is -0.423. The molecule has 0 saturated heterocycles. The van der Waals surface area contributed by atoms with Gasteiger partial charge in [-0.3, -0.25) is 29.0 Å². The maximum absolute atomic E-state index is 14.1. The highest BCUT2D eigenvalue weighted by Crippen LogP contribution is 2.21. The molecule has 0 radical (unpaired) electrons. The van der Waals surface area contributed by atoms with Crippen molar-refractivity contribution >= 4 is 63.3 Å². The Labute approximate surface area is 350 Å². The molecular formula is C41H53N13O7. The average molecular weight is 840 g/mol. The topological polar surface area (TPSA) is 333 Å². The molecule has 0 spiro atoms. The SMILES string of the molecule is CC(C)[C@H](NC(=O)[C@H](Cc1c[nH]c2ccccc12)NC(=O)CNC(=O)[C@H](CCCN=C(N)N)NC(=O)[C@H](Cc1c[nH]c2ccccc12)NC(=O)[C@@H](N)Cc1cnc[nH]1)C(=O)O. The summed E-state index contributed by atoms with van der Waals surface area (Å²) in [4.78, 5) is 97.3. The zero-order valence-corrected chi connectivity index (χ0v) is 33.9. The molecule has 3 heterocycles. The third-order valence-corrected chi connectivity index (χ3v) is 10.0. The first-order valence-electron chi connectivity index (χ1n) is 19.8. The normalized spacial score (nSPS) is 13.7. The lowest BCUT2D eigenvalue weighted by atomic mass is 10.0. The van der Waals surface area contributed by atoms with E-state index < -0.39 is 78.2 Å². The van der Waals surface area contributed by atoms with Gasteiger partial charge in [0.1, 0.15) is 24.2 Å². The van der Waals surface area contributed by atoms with Crippen molar-refractivity contribution in [2.75, 3.05) is 13.1 Å². The number of H-pyrrole nitrogens is 3. The molecule has 3 aromatic heterocycles. The summed E-state index contributed by atoms with van der Waals surface area (Å²) < 4.78 is 0. The number of aromatic amines is 3. The van der Waals surface area contributed by atoms with Crippen molar-refractivity contribution in [2.24, 2.45) is 28.1 Å². The molecule has 324 valence electrons. The van der Waals surface area contributed by atoms with Crippen LogP contribution in [0.5, 0.6) is 0 Å². The molecule has 5 aromatic rings. The van der Waals surface area contributed by atoms with Gasteiger partial charge in [0, 0.05) is 71.9 Å². The van der Waals surface area contributed by atoms with Crippen LogP contribution in [-0.2, 0) is 48.0 Å². The van der Waals surface area contributed by atoms with Gasteiger partial charge in [0.05, 0.1) is 18.9 Å². The molecule has 61 heavy (non-hydrogen) atoms. The van der Waals surface area contributed by atoms with Gasteiger partial charge in [-0.25, -0.2) is 9.78 Å². The fraction of sp³-hybridized carbons (Fsp3) is 0.366. The van der Waals surface area contributed by atoms with Gasteiger partial charge in [0.2, 0.25) is 29.5 Å². The standard InChI is InChI=1S/C41H53N13O7/c1-22(2)35(40(60)61)54-39(59)32(14-23-17-47-29-10-5-3-8-26(23)29)51-34(55)20-49-37(57)31(12-7-13-46-41(43)44)52-38(58)33(15-24-18-48-30-11-6-4-9-27(24)30)53-36(56)28(42)16-25-19-45-21-50-25/h3-6,8-11,17-19,21-22,28,31-33,35,47-48H,7,12-16,20,42H2,1-2H3,(H,45,50)(H,49,57)(H,51,55)(H,52,58)(H,53,56)(H,54,59)(H,60,61)(H4,43,44,46)/t28-,31-,32-,33-,35-/m0/s1. The Bertz CT molecular complexity index is 2330. The van der Waals surface area contributed by atoms with Crippen LogP contribution in [0.3, 0.4) is 0 Å². The minimum Gasteiger partial charge on any atom is -0.480 e. The van der Waals surface area contributed by atoms with Crippen LogP contribution in [0.25, 0.3) is 21.8 Å². The molecule has 2 aromatic carbocycles. The van der Waals surface area contributed by atoms with E-state index in [0.717, 1.165) is 27.4 Å². The summed E-state index contributed by atoms with van der Waals surface area (Å²) in [5, 5.41) is 24.5. The molecule has 0 aliphatic heterocycles. The number of imidazole rings is 1. The smallest absolute Gasteiger partial charge is 0.326 e. The maximum atomic E-state index is 14.1. The van der Waals surface area contributed by atoms with Gasteiger partial charge in [-0.15, -0.1) is 0 Å². The van der Waals surface area contributed by atoms with E-state index in [9.17, 15) is 33.9 Å². The van der Waals surface area contributed by atoms with Crippen LogP contribution in [0, 0.1) is 5.92 Å². The first-order chi connectivity index (χ1) is 29.2. The Hall–Kier alpha value is -7.22. The molecule has 0 unspecified atom stereocenters. The highest BCUT2D eigenvalue weighted by molar-refractivity contribution is 5.96. The number of aliphatic imine (C=N–C) groups is 1. The van der Waals surface area contributed by atoms with E-state index >= 15 is 0 Å². The van der Waals surface area contributed by atoms with Gasteiger partial charge >= 0.3 is 5.97 Å². The molecule has 15 N–H and O–H groups in total. The van der Waals surface area contributed by atoms with Crippen molar-refractivity contribution in [2.45, 2.75) is 76.2 Å². The summed E-state index contributed by atoms with van der Waals surface area (Å²) >= 11 is 0. The monoisotopic (exact) mass is 839 g/mol. The number of hydrogen-bond acceptors (Lipinski definition) is 9. The molecule has 5 atom stereocenters. The number of nitrogens with two attached hydrogens (primary N) is 3. The Morgan fingerprint density at radius 2 is 1.31 bits per heavy atom. The summed E-state index contributed by atoms with van der Waals surface area (Å²) in [6, 6.07) is 8.88. The number of carboxylic acid groups (broad SMARTS) is 1. The molecule has 0 aliphatic rings. The Morgan fingerprint density at radius 3 is 1.87 bits per heavy atom. The number of fused-ring (bicyclic) bond motifs is 2. The second kappa shape index (κ2) is 21.2. The quantitative estimate of drug-likeness (QED) is 0.0241. The van der Waals surface area contributed by atoms with Crippen molar-refractivity contribution in [1.82, 2.24) is 46.5 Å². The first kappa shape index (κ1) is 44.9. The molecule has 0 bridgehead atoms. The number of nitrogens with zero attached hydrogens (tertiary/aromatic N) is 2. The van der Waals surface area contributed by atoms with E-state index in [0.29, 0.717) is 11.3 Å². The van der Waals surface area contributed by atoms with Crippen molar-refractivity contribution in [1.29, 1.82) is 0 Å². The minimum absolute atomic E-state index is 0.00146. The number of amides is 5. The lowest BCUT2D eigenvalue weighted by Crippen LogP contribution is -2.57. The van der Waals surface area contributed by atoms with E-state index in [1.807, 2.05) is 48.5 Å². The van der Waals surface area contributed by atoms with E-state index in [1.165, 1.54) is 12.5 Å². The third-order valence-electron chi connectivity index (χ3n) is 10.0. The number of carbonyl (C=O) groups excluding carboxylic acids is 5. The number of carboxylic acids is 1. The van der Waals surface area contributed by atoms with Crippen LogP contribution in [-0.4, -0.2) is 110 Å². The predicted molar refractivity (Wildman–Crippen MR) is 227 cm³/mol. The highest BCUT2D eigenvalue weighted by atomic mass is 16.4. The van der Waals surface area contributed by atoms with Crippen LogP contribution in [0.2, 0.25) is 0 Å². The van der Waals surface area contributed by atoms with E-state index in [2.05, 4.69) is 51.5 Å². The second-order valence-corrected chi connectivity index (χ2v) is 15.0. The maximum Gasteiger partial charge on any atom is 0.326 e. The van der Waals surface area contributed by atoms with Crippen molar-refractivity contribution < 1.29 is 33.9 Å². The number of nitrogens with one attached hydrogen (secondary N) is 8. The third kappa shape index (κ3) is 12.6. The van der Waals surface area contributed by atoms with Gasteiger partial charge in [-0.2, -0.15) is 0 Å². The lowest BCUT2D eigenvalue weighted by molar-refractivity contribution is -0.143. The number of guanidine groups is 1. The average Bonchev–Trinajstić information content (AvgIpc) is 4.00. The summed E-state index contributed by atoms with van der Waals surface area (Å²) in [5.74, 6) is -5.41. The van der Waals surface area contributed by atoms with Crippen molar-refractivity contribution in [3.05, 3.63) is 90.3 Å². The summed E-state index contributed by atoms with van der Waals surface area (Å²) in [5.41, 5.74) is 20.9. The zero-order valence-electron chi connectivity index (χ0n) is 33.9. The van der Waals surface area contributed by atoms with Gasteiger partial charge < -0.3 is 63.8 Å². The number of rotatable bonds is 22. The number of para-hydroxylation sites is 2. The van der Waals surface area contributed by atoms with Crippen LogP contribution in [0.1, 0.15) is 43.5 Å². The molecule has 0 fully saturated rings. The molecule has 20 heteroatoms. The largest absolute Gasteiger partial charge is 0.480 e. The highest BCUT2D eigenvalue weighted by Gasteiger charge is 2.31. The fourth-order valence-corrected chi connectivity index (χ4v) is 6.81. The molecule has 0 aliphatic carbocycles. The Kier molecular flexibility index (Phi) is 15.6. The molecular weight excluding hydrogens is 787 g/mol. The van der Waals surface area contributed by atoms with E-state index in [1.54, 1.807) is 26.2 Å². The number of aromatic nitrogens is 4. The van der Waals surface area contributed by atoms with Crippen LogP contribution in [0.15, 0.2) is 78.4 Å². The number of aliphatic carboxylic acids is 1. The fourth-order valence-electron chi connectivity index (χ4n) is 6.81. The molecule has 5 amide bonds. The number of carbonyl (C=O) groups is 6. The lowest BCUT2D eigenvalue weighted by Gasteiger charge is -2.25. The van der Waals surface area contributed by atoms with Gasteiger partial charge in [-0.05, 0) is 42.0 Å². The molecule has 0 saturated carbocycles. The van der Waals surface area contributed by atoms with Crippen LogP contribution in [0.4, 0.5) is 0 Å². The Morgan fingerprint density at radius 1 is 0.738 bits per heavy atom.